The van der Waals surface area contributed by atoms with Crippen LogP contribution in [0.2, 0.25) is 0 Å². The molecule has 1 aromatic rings. The first kappa shape index (κ1) is 8.99. The quantitative estimate of drug-likeness (QED) is 0.533. The summed E-state index contributed by atoms with van der Waals surface area (Å²) in [5.41, 5.74) is 1.19. The van der Waals surface area contributed by atoms with Crippen molar-refractivity contribution in [3.8, 4) is 0 Å². The fourth-order valence-electron chi connectivity index (χ4n) is 0.842. The Morgan fingerprint density at radius 2 is 2.50 bits per heavy atom. The van der Waals surface area contributed by atoms with E-state index in [-0.39, 0.29) is 6.61 Å². The van der Waals surface area contributed by atoms with Gasteiger partial charge < -0.3 is 4.84 Å². The Morgan fingerprint density at radius 3 is 3.00 bits per heavy atom. The average Bonchev–Trinajstić information content (AvgIpc) is 2.35. The maximum Gasteiger partial charge on any atom is 0.294 e. The summed E-state index contributed by atoms with van der Waals surface area (Å²) >= 11 is 1.60. The van der Waals surface area contributed by atoms with Crippen LogP contribution in [0.15, 0.2) is 11.4 Å². The Balaban J connectivity index is 2.29. The molecule has 0 aliphatic carbocycles. The molecule has 0 saturated heterocycles. The van der Waals surface area contributed by atoms with E-state index in [0.29, 0.717) is 6.42 Å². The van der Waals surface area contributed by atoms with Gasteiger partial charge in [-0.3, -0.25) is 0 Å². The molecule has 0 bridgehead atoms. The molecule has 0 N–H and O–H groups in total. The Bertz CT molecular complexity index is 271. The fraction of sp³-hybridized carbons (Fsp3) is 0.429. The second-order valence-corrected chi connectivity index (χ2v) is 3.39. The second-order valence-electron chi connectivity index (χ2n) is 2.40. The van der Waals surface area contributed by atoms with Crippen LogP contribution in [0.25, 0.3) is 0 Å². The van der Waals surface area contributed by atoms with Crippen molar-refractivity contribution in [3.05, 3.63) is 32.0 Å². The molecule has 5 heteroatoms. The molecule has 0 amide bonds. The van der Waals surface area contributed by atoms with Gasteiger partial charge in [-0.1, -0.05) is 0 Å². The molecule has 0 aliphatic heterocycles. The minimum absolute atomic E-state index is 0.146. The Hall–Kier alpha value is -1.10. The van der Waals surface area contributed by atoms with Gasteiger partial charge in [-0.15, -0.1) is 21.5 Å². The highest BCUT2D eigenvalue weighted by Gasteiger charge is 1.98. The number of nitrogens with zero attached hydrogens (tertiary/aromatic N) is 1. The zero-order valence-electron chi connectivity index (χ0n) is 6.65. The van der Waals surface area contributed by atoms with Gasteiger partial charge in [-0.25, -0.2) is 0 Å². The lowest BCUT2D eigenvalue weighted by molar-refractivity contribution is -0.757. The molecule has 0 atom stereocenters. The minimum atomic E-state index is -0.763. The van der Waals surface area contributed by atoms with Gasteiger partial charge in [0.25, 0.3) is 5.09 Å². The van der Waals surface area contributed by atoms with Crippen LogP contribution in [0, 0.1) is 17.0 Å². The summed E-state index contributed by atoms with van der Waals surface area (Å²) < 4.78 is 0. The van der Waals surface area contributed by atoms with Gasteiger partial charge in [0.1, 0.15) is 6.61 Å². The van der Waals surface area contributed by atoms with E-state index in [4.69, 9.17) is 0 Å². The van der Waals surface area contributed by atoms with Gasteiger partial charge in [0, 0.05) is 11.3 Å². The zero-order chi connectivity index (χ0) is 8.97. The lowest BCUT2D eigenvalue weighted by Gasteiger charge is -1.94. The lowest BCUT2D eigenvalue weighted by Crippen LogP contribution is -2.03. The molecule has 0 spiro atoms. The molecule has 66 valence electrons. The lowest BCUT2D eigenvalue weighted by atomic mass is 10.3. The Kier molecular flexibility index (Phi) is 3.04. The highest BCUT2D eigenvalue weighted by atomic mass is 32.1. The summed E-state index contributed by atoms with van der Waals surface area (Å²) in [5.74, 6) is 0. The van der Waals surface area contributed by atoms with E-state index in [1.165, 1.54) is 5.56 Å². The van der Waals surface area contributed by atoms with E-state index >= 15 is 0 Å². The molecule has 1 heterocycles. The molecule has 0 radical (unpaired) electrons. The number of rotatable bonds is 4. The monoisotopic (exact) mass is 187 g/mol. The van der Waals surface area contributed by atoms with E-state index in [9.17, 15) is 10.1 Å². The van der Waals surface area contributed by atoms with Crippen LogP contribution in [0.5, 0.6) is 0 Å². The first-order valence-corrected chi connectivity index (χ1v) is 4.38. The molecule has 0 saturated carbocycles. The molecule has 0 unspecified atom stereocenters. The third-order valence-electron chi connectivity index (χ3n) is 1.33. The largest absolute Gasteiger partial charge is 0.314 e. The van der Waals surface area contributed by atoms with E-state index in [1.807, 2.05) is 18.4 Å². The van der Waals surface area contributed by atoms with Crippen molar-refractivity contribution in [2.75, 3.05) is 6.61 Å². The smallest absolute Gasteiger partial charge is 0.294 e. The molecule has 12 heavy (non-hydrogen) atoms. The minimum Gasteiger partial charge on any atom is -0.314 e. The topological polar surface area (TPSA) is 52.4 Å². The predicted molar refractivity (Wildman–Crippen MR) is 45.7 cm³/mol. The summed E-state index contributed by atoms with van der Waals surface area (Å²) in [6, 6.07) is 2.01. The molecular formula is C7H9NO3S. The number of thiophene rings is 1. The Morgan fingerprint density at radius 1 is 1.75 bits per heavy atom. The van der Waals surface area contributed by atoms with Crippen LogP contribution in [-0.2, 0) is 11.3 Å². The van der Waals surface area contributed by atoms with Crippen molar-refractivity contribution in [1.82, 2.24) is 0 Å². The molecule has 1 rings (SSSR count). The van der Waals surface area contributed by atoms with Crippen LogP contribution >= 0.6 is 11.3 Å². The number of hydrogen-bond donors (Lipinski definition) is 0. The van der Waals surface area contributed by atoms with Crippen LogP contribution in [0.1, 0.15) is 10.4 Å². The predicted octanol–water partition coefficient (Wildman–Crippen LogP) is 1.81. The SMILES string of the molecule is Cc1csc(CCO[N+](=O)[O-])c1. The van der Waals surface area contributed by atoms with E-state index < -0.39 is 5.09 Å². The highest BCUT2D eigenvalue weighted by molar-refractivity contribution is 7.10. The molecule has 0 aliphatic rings. The molecule has 1 aromatic heterocycles. The van der Waals surface area contributed by atoms with Crippen LogP contribution < -0.4 is 0 Å². The van der Waals surface area contributed by atoms with Crippen molar-refractivity contribution in [2.24, 2.45) is 0 Å². The summed E-state index contributed by atoms with van der Waals surface area (Å²) in [4.78, 5) is 15.1. The summed E-state index contributed by atoms with van der Waals surface area (Å²) in [5, 5.41) is 11.0. The van der Waals surface area contributed by atoms with Gasteiger partial charge in [0.2, 0.25) is 0 Å². The van der Waals surface area contributed by atoms with Crippen molar-refractivity contribution < 1.29 is 9.92 Å². The fourth-order valence-corrected chi connectivity index (χ4v) is 1.70. The molecular weight excluding hydrogens is 178 g/mol. The van der Waals surface area contributed by atoms with Gasteiger partial charge in [0.15, 0.2) is 0 Å². The van der Waals surface area contributed by atoms with Crippen molar-refractivity contribution in [2.45, 2.75) is 13.3 Å². The van der Waals surface area contributed by atoms with Crippen LogP contribution in [-0.4, -0.2) is 11.7 Å². The van der Waals surface area contributed by atoms with Crippen molar-refractivity contribution in [3.63, 3.8) is 0 Å². The molecule has 0 aromatic carbocycles. The number of hydrogen-bond acceptors (Lipinski definition) is 4. The van der Waals surface area contributed by atoms with Gasteiger partial charge >= 0.3 is 0 Å². The number of aryl methyl sites for hydroxylation is 1. The van der Waals surface area contributed by atoms with Crippen molar-refractivity contribution >= 4 is 11.3 Å². The zero-order valence-corrected chi connectivity index (χ0v) is 7.47. The third-order valence-corrected chi connectivity index (χ3v) is 2.44. The standard InChI is InChI=1S/C7H9NO3S/c1-6-4-7(12-5-6)2-3-11-8(9)10/h4-5H,2-3H2,1H3. The van der Waals surface area contributed by atoms with E-state index in [0.717, 1.165) is 4.88 Å². The van der Waals surface area contributed by atoms with Crippen LogP contribution in [0.3, 0.4) is 0 Å². The first-order valence-electron chi connectivity index (χ1n) is 3.50. The van der Waals surface area contributed by atoms with Gasteiger partial charge in [-0.05, 0) is 23.9 Å². The second kappa shape index (κ2) is 4.06. The van der Waals surface area contributed by atoms with Gasteiger partial charge in [-0.2, -0.15) is 0 Å². The highest BCUT2D eigenvalue weighted by Crippen LogP contribution is 2.13. The summed E-state index contributed by atoms with van der Waals surface area (Å²) in [6.45, 7) is 2.14. The first-order chi connectivity index (χ1) is 5.68. The average molecular weight is 187 g/mol. The normalized spacial score (nSPS) is 9.75. The molecule has 0 fully saturated rings. The van der Waals surface area contributed by atoms with Crippen LogP contribution in [0.4, 0.5) is 0 Å². The maximum absolute atomic E-state index is 9.78. The third kappa shape index (κ3) is 2.87. The van der Waals surface area contributed by atoms with Crippen molar-refractivity contribution in [1.29, 1.82) is 0 Å². The van der Waals surface area contributed by atoms with E-state index in [2.05, 4.69) is 4.84 Å². The summed E-state index contributed by atoms with van der Waals surface area (Å²) in [6.07, 6.45) is 0.611. The van der Waals surface area contributed by atoms with E-state index in [1.54, 1.807) is 11.3 Å². The maximum atomic E-state index is 9.78. The van der Waals surface area contributed by atoms with Gasteiger partial charge in [0.05, 0.1) is 0 Å². The Labute approximate surface area is 73.9 Å². The molecule has 4 nitrogen and oxygen atoms in total. The summed E-state index contributed by atoms with van der Waals surface area (Å²) in [7, 11) is 0.